The Morgan fingerprint density at radius 3 is 2.57 bits per heavy atom. The second-order valence-electron chi connectivity index (χ2n) is 10.7. The topological polar surface area (TPSA) is 112 Å². The number of likely N-dealkylation sites (tertiary alicyclic amines) is 1. The lowest BCUT2D eigenvalue weighted by Crippen LogP contribution is -2.48. The Hall–Kier alpha value is -3.83. The van der Waals surface area contributed by atoms with Crippen LogP contribution in [-0.2, 0) is 14.3 Å². The number of nitrogens with one attached hydrogen (secondary N) is 4. The molecule has 42 heavy (non-hydrogen) atoms. The van der Waals surface area contributed by atoms with E-state index in [2.05, 4.69) is 38.3 Å². The fraction of sp³-hybridized carbons (Fsp3) is 0.452. The first-order valence-electron chi connectivity index (χ1n) is 14.4. The summed E-state index contributed by atoms with van der Waals surface area (Å²) in [5.41, 5.74) is 2.78. The molecule has 4 N–H and O–H groups in total. The number of halogens is 2. The quantitative estimate of drug-likeness (QED) is 0.278. The molecule has 2 aromatic rings. The molecule has 2 heterocycles. The summed E-state index contributed by atoms with van der Waals surface area (Å²) in [5.74, 6) is -2.04. The molecule has 1 atom stereocenters. The summed E-state index contributed by atoms with van der Waals surface area (Å²) in [6.45, 7) is 5.04. The van der Waals surface area contributed by atoms with Gasteiger partial charge < -0.3 is 30.9 Å². The summed E-state index contributed by atoms with van der Waals surface area (Å²) in [4.78, 5) is 39.9. The van der Waals surface area contributed by atoms with Gasteiger partial charge in [0.1, 0.15) is 0 Å². The van der Waals surface area contributed by atoms with E-state index in [1.807, 2.05) is 19.1 Å². The van der Waals surface area contributed by atoms with Crippen molar-refractivity contribution in [2.75, 3.05) is 45.2 Å². The highest BCUT2D eigenvalue weighted by atomic mass is 19.2. The van der Waals surface area contributed by atoms with Crippen LogP contribution in [-0.4, -0.2) is 62.6 Å². The molecule has 4 rings (SSSR count). The van der Waals surface area contributed by atoms with Crippen molar-refractivity contribution in [3.8, 4) is 0 Å². The number of carbonyl (C=O) groups is 3. The molecule has 9 nitrogen and oxygen atoms in total. The van der Waals surface area contributed by atoms with E-state index >= 15 is 0 Å². The van der Waals surface area contributed by atoms with E-state index in [9.17, 15) is 23.2 Å². The van der Waals surface area contributed by atoms with Crippen molar-refractivity contribution in [3.63, 3.8) is 0 Å². The molecule has 0 bridgehead atoms. The van der Waals surface area contributed by atoms with Crippen molar-refractivity contribution in [2.45, 2.75) is 51.0 Å². The lowest BCUT2D eigenvalue weighted by atomic mass is 9.89. The van der Waals surface area contributed by atoms with E-state index in [1.165, 1.54) is 18.7 Å². The maximum atomic E-state index is 14.0. The van der Waals surface area contributed by atoms with Gasteiger partial charge in [-0.1, -0.05) is 25.1 Å². The molecule has 0 saturated carbocycles. The van der Waals surface area contributed by atoms with E-state index in [-0.39, 0.29) is 29.3 Å². The number of methoxy groups -OCH3 is 1. The molecule has 226 valence electrons. The molecule has 0 spiro atoms. The number of piperidine rings is 1. The maximum Gasteiger partial charge on any atom is 0.319 e. The van der Waals surface area contributed by atoms with Crippen LogP contribution < -0.4 is 21.3 Å². The Labute approximate surface area is 245 Å². The van der Waals surface area contributed by atoms with Gasteiger partial charge in [-0.05, 0) is 86.6 Å². The Morgan fingerprint density at radius 1 is 1.07 bits per heavy atom. The number of benzene rings is 2. The number of nitrogens with zero attached hydrogens (tertiary/aromatic N) is 1. The minimum absolute atomic E-state index is 0.0285. The third-order valence-electron chi connectivity index (χ3n) is 7.61. The van der Waals surface area contributed by atoms with Crippen molar-refractivity contribution < 1.29 is 27.9 Å². The van der Waals surface area contributed by atoms with E-state index < -0.39 is 29.6 Å². The number of amides is 4. The standard InChI is InChI=1S/C31H39F2N5O4/c1-3-6-27(39)35-23-8-4-7-21(17-23)20-11-15-38(16-12-20)14-5-13-34-30(40)28-26(19-42-2)36-31(41)37-29(28)22-9-10-24(32)25(33)18-22/h4,7-10,17-18,20,29H,3,5-6,11-16,19H2,1-2H3,(H,34,40)(H,35,39)(H2,36,37,41)/t29-/m1/s1. The first kappa shape index (κ1) is 31.1. The molecule has 1 saturated heterocycles. The number of ether oxygens (including phenoxy) is 1. The second kappa shape index (κ2) is 14.9. The summed E-state index contributed by atoms with van der Waals surface area (Å²) in [6, 6.07) is 9.87. The van der Waals surface area contributed by atoms with Crippen LogP contribution in [0.3, 0.4) is 0 Å². The zero-order chi connectivity index (χ0) is 30.1. The number of urea groups is 1. The number of anilines is 1. The highest BCUT2D eigenvalue weighted by molar-refractivity contribution is 5.98. The minimum atomic E-state index is -1.07. The average molecular weight is 584 g/mol. The van der Waals surface area contributed by atoms with E-state index in [0.29, 0.717) is 18.9 Å². The van der Waals surface area contributed by atoms with Crippen molar-refractivity contribution >= 4 is 23.5 Å². The zero-order valence-electron chi connectivity index (χ0n) is 24.1. The molecule has 0 aromatic heterocycles. The Morgan fingerprint density at radius 2 is 1.86 bits per heavy atom. The first-order chi connectivity index (χ1) is 20.3. The predicted molar refractivity (Wildman–Crippen MR) is 156 cm³/mol. The highest BCUT2D eigenvalue weighted by Gasteiger charge is 2.33. The smallest absolute Gasteiger partial charge is 0.319 e. The van der Waals surface area contributed by atoms with Gasteiger partial charge >= 0.3 is 6.03 Å². The molecular formula is C31H39F2N5O4. The Kier molecular flexibility index (Phi) is 11.0. The maximum absolute atomic E-state index is 14.0. The van der Waals surface area contributed by atoms with Gasteiger partial charge in [0.25, 0.3) is 5.91 Å². The van der Waals surface area contributed by atoms with Crippen molar-refractivity contribution in [2.24, 2.45) is 0 Å². The Balaban J connectivity index is 1.29. The van der Waals surface area contributed by atoms with Gasteiger partial charge in [0.15, 0.2) is 11.6 Å². The molecule has 11 heteroatoms. The zero-order valence-corrected chi connectivity index (χ0v) is 24.1. The third-order valence-corrected chi connectivity index (χ3v) is 7.61. The lowest BCUT2D eigenvalue weighted by Gasteiger charge is -2.32. The van der Waals surface area contributed by atoms with Crippen molar-refractivity contribution in [3.05, 3.63) is 76.5 Å². The molecule has 2 aromatic carbocycles. The largest absolute Gasteiger partial charge is 0.378 e. The fourth-order valence-corrected chi connectivity index (χ4v) is 5.50. The first-order valence-corrected chi connectivity index (χ1v) is 14.4. The second-order valence-corrected chi connectivity index (χ2v) is 10.7. The average Bonchev–Trinajstić information content (AvgIpc) is 2.97. The molecule has 2 aliphatic rings. The van der Waals surface area contributed by atoms with E-state index in [1.54, 1.807) is 0 Å². The normalized spacial score (nSPS) is 17.9. The molecule has 0 unspecified atom stereocenters. The highest BCUT2D eigenvalue weighted by Crippen LogP contribution is 2.30. The summed E-state index contributed by atoms with van der Waals surface area (Å²) in [5, 5.41) is 11.1. The predicted octanol–water partition coefficient (Wildman–Crippen LogP) is 4.34. The van der Waals surface area contributed by atoms with Gasteiger partial charge in [0.2, 0.25) is 5.91 Å². The van der Waals surface area contributed by atoms with Crippen LogP contribution >= 0.6 is 0 Å². The number of hydrogen-bond acceptors (Lipinski definition) is 5. The minimum Gasteiger partial charge on any atom is -0.378 e. The third kappa shape index (κ3) is 8.13. The number of carbonyl (C=O) groups excluding carboxylic acids is 3. The lowest BCUT2D eigenvalue weighted by molar-refractivity contribution is -0.118. The van der Waals surface area contributed by atoms with E-state index in [4.69, 9.17) is 4.74 Å². The van der Waals surface area contributed by atoms with Crippen LogP contribution in [0, 0.1) is 11.6 Å². The van der Waals surface area contributed by atoms with Crippen LogP contribution in [0.25, 0.3) is 0 Å². The molecular weight excluding hydrogens is 544 g/mol. The molecule has 4 amide bonds. The van der Waals surface area contributed by atoms with Crippen LogP contribution in [0.5, 0.6) is 0 Å². The van der Waals surface area contributed by atoms with Crippen LogP contribution in [0.2, 0.25) is 0 Å². The van der Waals surface area contributed by atoms with Crippen LogP contribution in [0.4, 0.5) is 19.3 Å². The Bertz CT molecular complexity index is 1310. The number of hydrogen-bond donors (Lipinski definition) is 4. The van der Waals surface area contributed by atoms with E-state index in [0.717, 1.165) is 63.1 Å². The van der Waals surface area contributed by atoms with Crippen molar-refractivity contribution in [1.29, 1.82) is 0 Å². The van der Waals surface area contributed by atoms with Crippen LogP contribution in [0.15, 0.2) is 53.7 Å². The van der Waals surface area contributed by atoms with Gasteiger partial charge in [0.05, 0.1) is 23.9 Å². The van der Waals surface area contributed by atoms with Crippen molar-refractivity contribution in [1.82, 2.24) is 20.9 Å². The van der Waals surface area contributed by atoms with Gasteiger partial charge in [-0.3, -0.25) is 9.59 Å². The van der Waals surface area contributed by atoms with Gasteiger partial charge in [-0.2, -0.15) is 0 Å². The summed E-state index contributed by atoms with van der Waals surface area (Å²) in [7, 11) is 1.44. The van der Waals surface area contributed by atoms with Crippen LogP contribution in [0.1, 0.15) is 62.1 Å². The molecule has 0 aliphatic carbocycles. The number of rotatable bonds is 12. The fourth-order valence-electron chi connectivity index (χ4n) is 5.50. The van der Waals surface area contributed by atoms with Gasteiger partial charge in [-0.25, -0.2) is 13.6 Å². The monoisotopic (exact) mass is 583 g/mol. The summed E-state index contributed by atoms with van der Waals surface area (Å²) in [6.07, 6.45) is 4.06. The summed E-state index contributed by atoms with van der Waals surface area (Å²) < 4.78 is 32.7. The van der Waals surface area contributed by atoms with Gasteiger partial charge in [0, 0.05) is 25.8 Å². The molecule has 0 radical (unpaired) electrons. The molecule has 1 fully saturated rings. The van der Waals surface area contributed by atoms with Gasteiger partial charge in [-0.15, -0.1) is 0 Å². The molecule has 2 aliphatic heterocycles. The summed E-state index contributed by atoms with van der Waals surface area (Å²) >= 11 is 0. The SMILES string of the molecule is CCCC(=O)Nc1cccc(C2CCN(CCCNC(=O)C3=C(COC)NC(=O)N[C@@H]3c3ccc(F)c(F)c3)CC2)c1.